The molecule has 1 aliphatic carbocycles. The van der Waals surface area contributed by atoms with Crippen LogP contribution in [-0.2, 0) is 16.0 Å². The maximum absolute atomic E-state index is 13.3. The number of fused-ring (bicyclic) bond motifs is 1. The zero-order valence-corrected chi connectivity index (χ0v) is 22.6. The fourth-order valence-electron chi connectivity index (χ4n) is 4.53. The molecule has 0 bridgehead atoms. The summed E-state index contributed by atoms with van der Waals surface area (Å²) in [5, 5.41) is 19.5. The maximum atomic E-state index is 13.3. The number of anilines is 2. The van der Waals surface area contributed by atoms with Crippen molar-refractivity contribution in [3.8, 4) is 5.75 Å². The molecule has 2 aliphatic rings. The molecule has 3 N–H and O–H groups in total. The van der Waals surface area contributed by atoms with Crippen LogP contribution in [0.1, 0.15) is 43.7 Å². The Labute approximate surface area is 222 Å². The van der Waals surface area contributed by atoms with Crippen molar-refractivity contribution in [2.75, 3.05) is 37.4 Å². The van der Waals surface area contributed by atoms with E-state index in [1.54, 1.807) is 50.9 Å². The molecular weight excluding hydrogens is 490 g/mol. The second-order valence-corrected chi connectivity index (χ2v) is 10.5. The number of likely N-dealkylation sites (N-methyl/N-ethyl adjacent to an activating group) is 1. The fourth-order valence-corrected chi connectivity index (χ4v) is 4.53. The number of aliphatic hydroxyl groups excluding tert-OH is 1. The number of carbonyl (C=O) groups is 3. The minimum atomic E-state index is -0.458. The first kappa shape index (κ1) is 27.4. The highest BCUT2D eigenvalue weighted by atomic mass is 16.5. The van der Waals surface area contributed by atoms with Gasteiger partial charge in [0.15, 0.2) is 5.76 Å². The average Bonchev–Trinajstić information content (AvgIpc) is 3.69. The van der Waals surface area contributed by atoms with Crippen molar-refractivity contribution in [3.63, 3.8) is 0 Å². The van der Waals surface area contributed by atoms with Gasteiger partial charge in [0, 0.05) is 36.7 Å². The molecule has 2 aromatic rings. The van der Waals surface area contributed by atoms with E-state index in [2.05, 4.69) is 15.8 Å². The summed E-state index contributed by atoms with van der Waals surface area (Å²) < 4.78 is 11.6. The van der Waals surface area contributed by atoms with Crippen LogP contribution in [-0.4, -0.2) is 76.8 Å². The molecule has 0 radical (unpaired) electrons. The van der Waals surface area contributed by atoms with Gasteiger partial charge in [0.1, 0.15) is 23.2 Å². The lowest BCUT2D eigenvalue weighted by atomic mass is 10.0. The van der Waals surface area contributed by atoms with Gasteiger partial charge in [-0.15, -0.1) is 0 Å². The molecule has 1 fully saturated rings. The molecule has 1 aliphatic heterocycles. The zero-order chi connectivity index (χ0) is 27.6. The fraction of sp³-hybridized carbons (Fsp3) is 0.556. The predicted octanol–water partition coefficient (Wildman–Crippen LogP) is 2.95. The molecule has 11 nitrogen and oxygen atoms in total. The number of hydrogen-bond donors (Lipinski definition) is 3. The van der Waals surface area contributed by atoms with Crippen LogP contribution in [0.25, 0.3) is 0 Å². The highest BCUT2D eigenvalue weighted by Gasteiger charge is 2.33. The van der Waals surface area contributed by atoms with E-state index in [1.165, 1.54) is 4.90 Å². The summed E-state index contributed by atoms with van der Waals surface area (Å²) in [5.74, 6) is 0.769. The summed E-state index contributed by atoms with van der Waals surface area (Å²) in [5.41, 5.74) is 2.37. The van der Waals surface area contributed by atoms with Crippen LogP contribution in [0, 0.1) is 25.7 Å². The topological polar surface area (TPSA) is 137 Å². The van der Waals surface area contributed by atoms with Crippen LogP contribution in [0.5, 0.6) is 5.75 Å². The molecule has 1 saturated carbocycles. The van der Waals surface area contributed by atoms with Crippen molar-refractivity contribution in [1.29, 1.82) is 0 Å². The Morgan fingerprint density at radius 1 is 1.26 bits per heavy atom. The van der Waals surface area contributed by atoms with E-state index >= 15 is 0 Å². The highest BCUT2D eigenvalue weighted by molar-refractivity contribution is 5.94. The van der Waals surface area contributed by atoms with E-state index in [4.69, 9.17) is 9.26 Å². The predicted molar refractivity (Wildman–Crippen MR) is 141 cm³/mol. The van der Waals surface area contributed by atoms with E-state index < -0.39 is 6.10 Å². The number of aromatic nitrogens is 1. The van der Waals surface area contributed by atoms with E-state index in [-0.39, 0.29) is 55.3 Å². The minimum absolute atomic E-state index is 0.0202. The first-order valence-electron chi connectivity index (χ1n) is 13.0. The molecule has 4 amide bonds. The van der Waals surface area contributed by atoms with Gasteiger partial charge in [-0.25, -0.2) is 4.79 Å². The Morgan fingerprint density at radius 2 is 2.00 bits per heavy atom. The Balaban J connectivity index is 1.58. The van der Waals surface area contributed by atoms with Crippen LogP contribution in [0.15, 0.2) is 22.7 Å². The molecule has 4 rings (SSSR count). The number of nitrogens with zero attached hydrogens (tertiary/aromatic N) is 3. The van der Waals surface area contributed by atoms with E-state index in [9.17, 15) is 19.5 Å². The van der Waals surface area contributed by atoms with Crippen LogP contribution >= 0.6 is 0 Å². The standard InChI is InChI=1S/C27H37N5O6/c1-15-12-32(16(2)14-33)24(34)11-20-10-21(28-26(35)19-6-7-19)8-9-22(20)37-23(15)13-31(5)27(36)29-25-17(3)30-38-18(25)4/h8-10,15-16,19,23,33H,6-7,11-14H2,1-5H3,(H,28,35)(H,29,36)/t15-,16-,23-/m0/s1. The van der Waals surface area contributed by atoms with Gasteiger partial charge >= 0.3 is 6.03 Å². The third-order valence-electron chi connectivity index (χ3n) is 7.20. The van der Waals surface area contributed by atoms with E-state index in [1.807, 2.05) is 6.92 Å². The van der Waals surface area contributed by atoms with Gasteiger partial charge in [0.25, 0.3) is 0 Å². The van der Waals surface area contributed by atoms with Crippen LogP contribution in [0.4, 0.5) is 16.2 Å². The number of aryl methyl sites for hydroxylation is 2. The number of benzene rings is 1. The molecule has 0 unspecified atom stereocenters. The third-order valence-corrected chi connectivity index (χ3v) is 7.20. The van der Waals surface area contributed by atoms with Crippen LogP contribution in [0.2, 0.25) is 0 Å². The van der Waals surface area contributed by atoms with Gasteiger partial charge in [-0.1, -0.05) is 12.1 Å². The summed E-state index contributed by atoms with van der Waals surface area (Å²) in [6, 6.07) is 4.58. The summed E-state index contributed by atoms with van der Waals surface area (Å²) in [6.45, 7) is 7.66. The highest BCUT2D eigenvalue weighted by Crippen LogP contribution is 2.32. The van der Waals surface area contributed by atoms with E-state index in [0.29, 0.717) is 40.7 Å². The number of hydrogen-bond acceptors (Lipinski definition) is 7. The smallest absolute Gasteiger partial charge is 0.321 e. The van der Waals surface area contributed by atoms with Crippen molar-refractivity contribution < 1.29 is 28.8 Å². The number of carbonyl (C=O) groups excluding carboxylic acids is 3. The number of aliphatic hydroxyl groups is 1. The normalized spacial score (nSPS) is 20.4. The molecule has 0 saturated heterocycles. The number of ether oxygens (including phenoxy) is 1. The van der Waals surface area contributed by atoms with Gasteiger partial charge in [0.2, 0.25) is 11.8 Å². The monoisotopic (exact) mass is 527 g/mol. The van der Waals surface area contributed by atoms with Crippen molar-refractivity contribution in [1.82, 2.24) is 15.0 Å². The lowest BCUT2D eigenvalue weighted by Crippen LogP contribution is -2.48. The lowest BCUT2D eigenvalue weighted by Gasteiger charge is -2.34. The number of rotatable bonds is 7. The molecule has 2 heterocycles. The van der Waals surface area contributed by atoms with Gasteiger partial charge in [-0.3, -0.25) is 9.59 Å². The Hall–Kier alpha value is -3.60. The SMILES string of the molecule is Cc1noc(C)c1NC(=O)N(C)C[C@@H]1Oc2ccc(NC(=O)C3CC3)cc2CC(=O)N([C@@H](C)CO)C[C@@H]1C. The first-order valence-corrected chi connectivity index (χ1v) is 13.0. The third kappa shape index (κ3) is 6.27. The van der Waals surface area contributed by atoms with Gasteiger partial charge in [-0.2, -0.15) is 0 Å². The Morgan fingerprint density at radius 3 is 2.63 bits per heavy atom. The Kier molecular flexibility index (Phi) is 8.25. The number of nitrogens with one attached hydrogen (secondary N) is 2. The quantitative estimate of drug-likeness (QED) is 0.503. The minimum Gasteiger partial charge on any atom is -0.488 e. The van der Waals surface area contributed by atoms with Crippen LogP contribution in [0.3, 0.4) is 0 Å². The first-order chi connectivity index (χ1) is 18.1. The van der Waals surface area contributed by atoms with Crippen molar-refractivity contribution in [3.05, 3.63) is 35.2 Å². The maximum Gasteiger partial charge on any atom is 0.321 e. The average molecular weight is 528 g/mol. The lowest BCUT2D eigenvalue weighted by molar-refractivity contribution is -0.134. The largest absolute Gasteiger partial charge is 0.488 e. The number of urea groups is 1. The van der Waals surface area contributed by atoms with Crippen molar-refractivity contribution in [2.45, 2.75) is 59.1 Å². The molecular formula is C27H37N5O6. The van der Waals surface area contributed by atoms with Gasteiger partial charge in [-0.05, 0) is 51.8 Å². The molecule has 1 aromatic heterocycles. The zero-order valence-electron chi connectivity index (χ0n) is 22.6. The molecule has 1 aromatic carbocycles. The summed E-state index contributed by atoms with van der Waals surface area (Å²) in [7, 11) is 1.67. The second-order valence-electron chi connectivity index (χ2n) is 10.5. The molecule has 11 heteroatoms. The summed E-state index contributed by atoms with van der Waals surface area (Å²) in [4.78, 5) is 41.8. The summed E-state index contributed by atoms with van der Waals surface area (Å²) >= 11 is 0. The number of amides is 4. The Bertz CT molecular complexity index is 1170. The van der Waals surface area contributed by atoms with E-state index in [0.717, 1.165) is 12.8 Å². The molecule has 0 spiro atoms. The van der Waals surface area contributed by atoms with Crippen molar-refractivity contribution in [2.24, 2.45) is 11.8 Å². The second kappa shape index (κ2) is 11.4. The van der Waals surface area contributed by atoms with Gasteiger partial charge in [0.05, 0.1) is 25.6 Å². The molecule has 3 atom stereocenters. The summed E-state index contributed by atoms with van der Waals surface area (Å²) in [6.07, 6.45) is 1.39. The molecule has 38 heavy (non-hydrogen) atoms. The molecule has 206 valence electrons. The van der Waals surface area contributed by atoms with Crippen LogP contribution < -0.4 is 15.4 Å². The van der Waals surface area contributed by atoms with Crippen molar-refractivity contribution >= 4 is 29.2 Å². The van der Waals surface area contributed by atoms with Gasteiger partial charge < -0.3 is 34.8 Å².